The number of rotatable bonds is 5. The molecule has 1 fully saturated rings. The van der Waals surface area contributed by atoms with Crippen molar-refractivity contribution in [1.82, 2.24) is 20.4 Å². The van der Waals surface area contributed by atoms with Gasteiger partial charge < -0.3 is 15.4 Å². The number of carbonyl (C=O) groups excluding carboxylic acids is 1. The molecular weight excluding hydrogens is 340 g/mol. The highest BCUT2D eigenvalue weighted by Crippen LogP contribution is 2.51. The highest BCUT2D eigenvalue weighted by molar-refractivity contribution is 5.76. The van der Waals surface area contributed by atoms with Gasteiger partial charge in [-0.15, -0.1) is 0 Å². The highest BCUT2D eigenvalue weighted by Gasteiger charge is 2.53. The predicted molar refractivity (Wildman–Crippen MR) is 103 cm³/mol. The third-order valence-electron chi connectivity index (χ3n) is 6.06. The predicted octanol–water partition coefficient (Wildman–Crippen LogP) is 2.09. The average molecular weight is 368 g/mol. The molecule has 1 aromatic heterocycles. The van der Waals surface area contributed by atoms with E-state index in [9.17, 15) is 4.79 Å². The Balaban J connectivity index is 1.64. The van der Waals surface area contributed by atoms with Crippen LogP contribution in [0.15, 0.2) is 36.5 Å². The second kappa shape index (κ2) is 7.44. The molecule has 0 radical (unpaired) electrons. The summed E-state index contributed by atoms with van der Waals surface area (Å²) in [4.78, 5) is 12.8. The van der Waals surface area contributed by atoms with Crippen LogP contribution < -0.4 is 10.6 Å². The Hall–Kier alpha value is -2.18. The molecule has 0 saturated carbocycles. The maximum Gasteiger partial charge on any atom is 0.242 e. The van der Waals surface area contributed by atoms with Gasteiger partial charge in [0, 0.05) is 23.9 Å². The van der Waals surface area contributed by atoms with Crippen molar-refractivity contribution in [3.8, 4) is 0 Å². The number of nitrogens with one attached hydrogen (secondary N) is 2. The molecule has 1 spiro atoms. The van der Waals surface area contributed by atoms with Crippen LogP contribution in [0.4, 0.5) is 0 Å². The molecular formula is C21H28N4O2. The van der Waals surface area contributed by atoms with Gasteiger partial charge in [0.05, 0.1) is 12.1 Å². The van der Waals surface area contributed by atoms with Gasteiger partial charge in [0.1, 0.15) is 6.54 Å². The fraction of sp³-hybridized carbons (Fsp3) is 0.524. The van der Waals surface area contributed by atoms with Crippen molar-refractivity contribution in [2.24, 2.45) is 0 Å². The monoisotopic (exact) mass is 368 g/mol. The summed E-state index contributed by atoms with van der Waals surface area (Å²) in [5, 5.41) is 11.0. The zero-order valence-corrected chi connectivity index (χ0v) is 16.1. The van der Waals surface area contributed by atoms with E-state index < -0.39 is 0 Å². The second-order valence-corrected chi connectivity index (χ2v) is 7.54. The van der Waals surface area contributed by atoms with Gasteiger partial charge in [0.15, 0.2) is 0 Å². The van der Waals surface area contributed by atoms with Gasteiger partial charge in [-0.25, -0.2) is 0 Å². The molecule has 2 aliphatic rings. The Morgan fingerprint density at radius 3 is 2.81 bits per heavy atom. The number of aryl methyl sites for hydroxylation is 1. The van der Waals surface area contributed by atoms with E-state index in [-0.39, 0.29) is 30.0 Å². The van der Waals surface area contributed by atoms with Crippen LogP contribution in [0.5, 0.6) is 0 Å². The molecule has 1 saturated heterocycles. The Bertz CT molecular complexity index is 810. The van der Waals surface area contributed by atoms with E-state index in [1.807, 2.05) is 19.9 Å². The van der Waals surface area contributed by atoms with Gasteiger partial charge in [0.2, 0.25) is 5.91 Å². The van der Waals surface area contributed by atoms with E-state index in [2.05, 4.69) is 40.0 Å². The number of nitrogens with zero attached hydrogens (tertiary/aromatic N) is 2. The number of hydrogen-bond donors (Lipinski definition) is 2. The minimum atomic E-state index is -0.123. The van der Waals surface area contributed by atoms with Crippen LogP contribution >= 0.6 is 0 Å². The van der Waals surface area contributed by atoms with Crippen LogP contribution in [-0.2, 0) is 21.5 Å². The van der Waals surface area contributed by atoms with Gasteiger partial charge >= 0.3 is 0 Å². The second-order valence-electron chi connectivity index (χ2n) is 7.54. The first-order valence-electron chi connectivity index (χ1n) is 9.85. The fourth-order valence-electron chi connectivity index (χ4n) is 4.79. The van der Waals surface area contributed by atoms with Crippen LogP contribution in [0.2, 0.25) is 0 Å². The van der Waals surface area contributed by atoms with Crippen molar-refractivity contribution in [1.29, 1.82) is 0 Å². The molecule has 27 heavy (non-hydrogen) atoms. The summed E-state index contributed by atoms with van der Waals surface area (Å²) in [5.41, 5.74) is 3.49. The standard InChI is InChI=1S/C21H28N4O2/c1-3-27-20-19(24-18(26)14-25-15(2)8-11-23-25)16-6-4-5-7-17(16)21(20)9-12-22-13-10-21/h4-8,11,19-20,22H,3,9-10,12-14H2,1-2H3,(H,24,26)/t19-,20+/m0/s1. The first-order valence-corrected chi connectivity index (χ1v) is 9.85. The fourth-order valence-corrected chi connectivity index (χ4v) is 4.79. The Morgan fingerprint density at radius 1 is 1.33 bits per heavy atom. The number of amides is 1. The van der Waals surface area contributed by atoms with Crippen LogP contribution in [0.1, 0.15) is 42.6 Å². The van der Waals surface area contributed by atoms with Gasteiger partial charge in [-0.1, -0.05) is 24.3 Å². The zero-order valence-electron chi connectivity index (χ0n) is 16.1. The Morgan fingerprint density at radius 2 is 2.11 bits per heavy atom. The lowest BCUT2D eigenvalue weighted by Crippen LogP contribution is -2.50. The molecule has 2 heterocycles. The van der Waals surface area contributed by atoms with Gasteiger partial charge in [-0.05, 0) is 57.0 Å². The summed E-state index contributed by atoms with van der Waals surface area (Å²) in [6.45, 7) is 6.81. The van der Waals surface area contributed by atoms with Crippen LogP contribution in [0, 0.1) is 6.92 Å². The molecule has 0 bridgehead atoms. The third kappa shape index (κ3) is 3.17. The van der Waals surface area contributed by atoms with Crippen molar-refractivity contribution >= 4 is 5.91 Å². The quantitative estimate of drug-likeness (QED) is 0.848. The van der Waals surface area contributed by atoms with Crippen LogP contribution in [0.25, 0.3) is 0 Å². The van der Waals surface area contributed by atoms with E-state index in [4.69, 9.17) is 4.74 Å². The summed E-state index contributed by atoms with van der Waals surface area (Å²) >= 11 is 0. The van der Waals surface area contributed by atoms with Crippen molar-refractivity contribution in [3.05, 3.63) is 53.3 Å². The minimum Gasteiger partial charge on any atom is -0.375 e. The topological polar surface area (TPSA) is 68.2 Å². The third-order valence-corrected chi connectivity index (χ3v) is 6.06. The normalized spacial score (nSPS) is 23.3. The summed E-state index contributed by atoms with van der Waals surface area (Å²) in [5.74, 6) is -0.0303. The SMILES string of the molecule is CCO[C@@H]1[C@@H](NC(=O)Cn2nccc2C)c2ccccc2C12CCNCC2. The first kappa shape index (κ1) is 18.2. The molecule has 2 aromatic rings. The number of ether oxygens (including phenoxy) is 1. The Labute approximate surface area is 160 Å². The minimum absolute atomic E-state index is 0.0303. The number of hydrogen-bond acceptors (Lipinski definition) is 4. The summed E-state index contributed by atoms with van der Waals surface area (Å²) in [6.07, 6.45) is 3.74. The van der Waals surface area contributed by atoms with Crippen LogP contribution in [0.3, 0.4) is 0 Å². The maximum absolute atomic E-state index is 12.8. The van der Waals surface area contributed by atoms with Crippen molar-refractivity contribution in [3.63, 3.8) is 0 Å². The maximum atomic E-state index is 12.8. The van der Waals surface area contributed by atoms with Crippen molar-refractivity contribution in [2.45, 2.75) is 50.8 Å². The van der Waals surface area contributed by atoms with E-state index in [1.54, 1.807) is 10.9 Å². The number of benzene rings is 1. The van der Waals surface area contributed by atoms with Crippen molar-refractivity contribution < 1.29 is 9.53 Å². The smallest absolute Gasteiger partial charge is 0.242 e. The first-order chi connectivity index (χ1) is 13.2. The van der Waals surface area contributed by atoms with Crippen molar-refractivity contribution in [2.75, 3.05) is 19.7 Å². The molecule has 4 rings (SSSR count). The number of carbonyl (C=O) groups is 1. The summed E-state index contributed by atoms with van der Waals surface area (Å²) < 4.78 is 8.01. The average Bonchev–Trinajstić information content (AvgIpc) is 3.18. The number of aromatic nitrogens is 2. The Kier molecular flexibility index (Phi) is 5.02. The lowest BCUT2D eigenvalue weighted by atomic mass is 9.72. The van der Waals surface area contributed by atoms with Crippen LogP contribution in [-0.4, -0.2) is 41.5 Å². The molecule has 1 aliphatic heterocycles. The van der Waals surface area contributed by atoms with E-state index in [1.165, 1.54) is 11.1 Å². The largest absolute Gasteiger partial charge is 0.375 e. The van der Waals surface area contributed by atoms with Gasteiger partial charge in [0.25, 0.3) is 0 Å². The molecule has 6 nitrogen and oxygen atoms in total. The number of fused-ring (bicyclic) bond motifs is 2. The molecule has 6 heteroatoms. The van der Waals surface area contributed by atoms with E-state index >= 15 is 0 Å². The van der Waals surface area contributed by atoms with E-state index in [0.717, 1.165) is 31.6 Å². The summed E-state index contributed by atoms with van der Waals surface area (Å²) in [6, 6.07) is 10.3. The molecule has 0 unspecified atom stereocenters. The highest BCUT2D eigenvalue weighted by atomic mass is 16.5. The molecule has 1 amide bonds. The van der Waals surface area contributed by atoms with Gasteiger partial charge in [-0.3, -0.25) is 9.48 Å². The molecule has 1 aliphatic carbocycles. The zero-order chi connectivity index (χ0) is 18.9. The lowest BCUT2D eigenvalue weighted by Gasteiger charge is -2.41. The number of piperidine rings is 1. The molecule has 1 aromatic carbocycles. The van der Waals surface area contributed by atoms with E-state index in [0.29, 0.717) is 6.61 Å². The molecule has 144 valence electrons. The van der Waals surface area contributed by atoms with Gasteiger partial charge in [-0.2, -0.15) is 5.10 Å². The summed E-state index contributed by atoms with van der Waals surface area (Å²) in [7, 11) is 0. The molecule has 2 atom stereocenters. The molecule has 2 N–H and O–H groups in total. The lowest BCUT2D eigenvalue weighted by molar-refractivity contribution is -0.124.